The lowest BCUT2D eigenvalue weighted by molar-refractivity contribution is -0.147. The lowest BCUT2D eigenvalue weighted by Gasteiger charge is -2.42. The van der Waals surface area contributed by atoms with Crippen LogP contribution in [0.5, 0.6) is 0 Å². The van der Waals surface area contributed by atoms with E-state index in [0.717, 1.165) is 32.5 Å². The van der Waals surface area contributed by atoms with Crippen LogP contribution < -0.4 is 5.32 Å². The molecule has 0 unspecified atom stereocenters. The van der Waals surface area contributed by atoms with Gasteiger partial charge in [0.2, 0.25) is 0 Å². The van der Waals surface area contributed by atoms with Crippen LogP contribution in [0.2, 0.25) is 0 Å². The molecule has 0 atom stereocenters. The van der Waals surface area contributed by atoms with Gasteiger partial charge in [0.15, 0.2) is 0 Å². The van der Waals surface area contributed by atoms with Crippen molar-refractivity contribution in [1.82, 2.24) is 10.2 Å². The van der Waals surface area contributed by atoms with Crippen molar-refractivity contribution in [2.45, 2.75) is 39.2 Å². The zero-order valence-corrected chi connectivity index (χ0v) is 10.7. The molecule has 16 heavy (non-hydrogen) atoms. The molecule has 0 aromatic carbocycles. The number of rotatable bonds is 5. The maximum atomic E-state index is 11.6. The van der Waals surface area contributed by atoms with Crippen molar-refractivity contribution in [2.24, 2.45) is 0 Å². The molecule has 1 fully saturated rings. The minimum atomic E-state index is -0.0941. The highest BCUT2D eigenvalue weighted by atomic mass is 16.5. The molecule has 1 aliphatic heterocycles. The molecule has 94 valence electrons. The molecule has 0 amide bonds. The average molecular weight is 228 g/mol. The Morgan fingerprint density at radius 1 is 1.50 bits per heavy atom. The minimum absolute atomic E-state index is 0.0437. The van der Waals surface area contributed by atoms with Crippen LogP contribution in [0.15, 0.2) is 0 Å². The fourth-order valence-corrected chi connectivity index (χ4v) is 1.85. The first-order valence-corrected chi connectivity index (χ1v) is 6.17. The Morgan fingerprint density at radius 3 is 2.88 bits per heavy atom. The maximum absolute atomic E-state index is 11.6. The summed E-state index contributed by atoms with van der Waals surface area (Å²) < 4.78 is 5.18. The van der Waals surface area contributed by atoms with Crippen LogP contribution in [0.25, 0.3) is 0 Å². The van der Waals surface area contributed by atoms with E-state index in [9.17, 15) is 4.79 Å². The molecule has 0 aromatic rings. The van der Waals surface area contributed by atoms with Gasteiger partial charge < -0.3 is 10.1 Å². The first-order chi connectivity index (χ1) is 7.56. The first-order valence-electron chi connectivity index (χ1n) is 6.17. The van der Waals surface area contributed by atoms with E-state index >= 15 is 0 Å². The first kappa shape index (κ1) is 13.5. The molecular formula is C12H24N2O2. The van der Waals surface area contributed by atoms with Gasteiger partial charge in [-0.1, -0.05) is 13.3 Å². The number of carbonyl (C=O) groups is 1. The van der Waals surface area contributed by atoms with Crippen LogP contribution in [0.3, 0.4) is 0 Å². The molecule has 1 saturated heterocycles. The lowest BCUT2D eigenvalue weighted by Crippen LogP contribution is -2.59. The molecule has 0 aliphatic carbocycles. The van der Waals surface area contributed by atoms with E-state index in [0.29, 0.717) is 13.2 Å². The van der Waals surface area contributed by atoms with Gasteiger partial charge in [0, 0.05) is 25.2 Å². The molecule has 0 radical (unpaired) electrons. The molecule has 0 saturated carbocycles. The molecule has 1 aliphatic rings. The monoisotopic (exact) mass is 228 g/mol. The molecule has 1 heterocycles. The number of ether oxygens (including phenoxy) is 1. The van der Waals surface area contributed by atoms with Crippen LogP contribution in [0.4, 0.5) is 0 Å². The quantitative estimate of drug-likeness (QED) is 0.563. The summed E-state index contributed by atoms with van der Waals surface area (Å²) in [5.41, 5.74) is 0.0437. The Balaban J connectivity index is 2.31. The van der Waals surface area contributed by atoms with Crippen molar-refractivity contribution in [3.63, 3.8) is 0 Å². The van der Waals surface area contributed by atoms with Gasteiger partial charge in [-0.2, -0.15) is 0 Å². The minimum Gasteiger partial charge on any atom is -0.465 e. The van der Waals surface area contributed by atoms with E-state index in [1.807, 2.05) is 0 Å². The summed E-state index contributed by atoms with van der Waals surface area (Å²) in [5.74, 6) is -0.0941. The lowest BCUT2D eigenvalue weighted by atomic mass is 10.0. The predicted octanol–water partition coefficient (Wildman–Crippen LogP) is 1.01. The number of hydrogen-bond donors (Lipinski definition) is 1. The summed E-state index contributed by atoms with van der Waals surface area (Å²) in [5, 5.41) is 3.34. The third-order valence-electron chi connectivity index (χ3n) is 3.05. The van der Waals surface area contributed by atoms with Crippen molar-refractivity contribution in [1.29, 1.82) is 0 Å². The summed E-state index contributed by atoms with van der Waals surface area (Å²) in [6.07, 6.45) is 2.02. The number of unbranched alkanes of at least 4 members (excludes halogenated alkanes) is 1. The summed E-state index contributed by atoms with van der Waals surface area (Å²) in [6.45, 7) is 10.2. The van der Waals surface area contributed by atoms with E-state index < -0.39 is 0 Å². The second kappa shape index (κ2) is 6.21. The van der Waals surface area contributed by atoms with Gasteiger partial charge in [-0.25, -0.2) is 0 Å². The van der Waals surface area contributed by atoms with Gasteiger partial charge >= 0.3 is 5.97 Å². The van der Waals surface area contributed by atoms with Crippen molar-refractivity contribution in [3.8, 4) is 0 Å². The summed E-state index contributed by atoms with van der Waals surface area (Å²) in [7, 11) is 0. The summed E-state index contributed by atoms with van der Waals surface area (Å²) >= 11 is 0. The SMILES string of the molecule is CCCCOC(=O)CN1CCNCC1(C)C. The summed E-state index contributed by atoms with van der Waals surface area (Å²) in [6, 6.07) is 0. The topological polar surface area (TPSA) is 41.6 Å². The Labute approximate surface area is 98.3 Å². The van der Waals surface area contributed by atoms with Gasteiger partial charge in [0.1, 0.15) is 0 Å². The third kappa shape index (κ3) is 4.10. The number of hydrogen-bond acceptors (Lipinski definition) is 4. The fourth-order valence-electron chi connectivity index (χ4n) is 1.85. The molecule has 0 aromatic heterocycles. The zero-order valence-electron chi connectivity index (χ0n) is 10.7. The molecule has 0 spiro atoms. The number of carbonyl (C=O) groups excluding carboxylic acids is 1. The molecule has 1 N–H and O–H groups in total. The van der Waals surface area contributed by atoms with Gasteiger partial charge in [0.25, 0.3) is 0 Å². The standard InChI is InChI=1S/C12H24N2O2/c1-4-5-8-16-11(15)9-14-7-6-13-10-12(14,2)3/h13H,4-10H2,1-3H3. The van der Waals surface area contributed by atoms with Gasteiger partial charge in [-0.05, 0) is 20.3 Å². The van der Waals surface area contributed by atoms with E-state index in [4.69, 9.17) is 4.74 Å². The Kier molecular flexibility index (Phi) is 5.22. The maximum Gasteiger partial charge on any atom is 0.320 e. The zero-order chi connectivity index (χ0) is 12.0. The highest BCUT2D eigenvalue weighted by molar-refractivity contribution is 5.71. The van der Waals surface area contributed by atoms with Crippen molar-refractivity contribution < 1.29 is 9.53 Å². The number of nitrogens with zero attached hydrogens (tertiary/aromatic N) is 1. The fraction of sp³-hybridized carbons (Fsp3) is 0.917. The van der Waals surface area contributed by atoms with Crippen molar-refractivity contribution in [2.75, 3.05) is 32.8 Å². The predicted molar refractivity (Wildman–Crippen MR) is 64.4 cm³/mol. The van der Waals surface area contributed by atoms with Crippen molar-refractivity contribution >= 4 is 5.97 Å². The van der Waals surface area contributed by atoms with Crippen molar-refractivity contribution in [3.05, 3.63) is 0 Å². The normalized spacial score (nSPS) is 20.7. The van der Waals surface area contributed by atoms with Gasteiger partial charge in [-0.15, -0.1) is 0 Å². The van der Waals surface area contributed by atoms with Gasteiger partial charge in [-0.3, -0.25) is 9.69 Å². The Morgan fingerprint density at radius 2 is 2.25 bits per heavy atom. The molecule has 4 heteroatoms. The number of esters is 1. The van der Waals surface area contributed by atoms with E-state index in [-0.39, 0.29) is 11.5 Å². The Hall–Kier alpha value is -0.610. The van der Waals surface area contributed by atoms with E-state index in [1.54, 1.807) is 0 Å². The molecule has 0 bridgehead atoms. The van der Waals surface area contributed by atoms with Crippen LogP contribution in [-0.2, 0) is 9.53 Å². The summed E-state index contributed by atoms with van der Waals surface area (Å²) in [4.78, 5) is 13.8. The molecular weight excluding hydrogens is 204 g/mol. The second-order valence-corrected chi connectivity index (χ2v) is 4.98. The van der Waals surface area contributed by atoms with Crippen LogP contribution in [-0.4, -0.2) is 49.2 Å². The highest BCUT2D eigenvalue weighted by Crippen LogP contribution is 2.15. The third-order valence-corrected chi connectivity index (χ3v) is 3.05. The molecule has 1 rings (SSSR count). The smallest absolute Gasteiger partial charge is 0.320 e. The van der Waals surface area contributed by atoms with Gasteiger partial charge in [0.05, 0.1) is 13.2 Å². The Bertz CT molecular complexity index is 229. The molecule has 4 nitrogen and oxygen atoms in total. The second-order valence-electron chi connectivity index (χ2n) is 4.98. The average Bonchev–Trinajstić information content (AvgIpc) is 2.21. The number of piperazine rings is 1. The van der Waals surface area contributed by atoms with E-state index in [1.165, 1.54) is 0 Å². The van der Waals surface area contributed by atoms with Crippen LogP contribution in [0, 0.1) is 0 Å². The number of nitrogens with one attached hydrogen (secondary N) is 1. The van der Waals surface area contributed by atoms with E-state index in [2.05, 4.69) is 31.0 Å². The van der Waals surface area contributed by atoms with Crippen LogP contribution in [0.1, 0.15) is 33.6 Å². The largest absolute Gasteiger partial charge is 0.465 e. The highest BCUT2D eigenvalue weighted by Gasteiger charge is 2.30. The van der Waals surface area contributed by atoms with Crippen LogP contribution >= 0.6 is 0 Å².